The zero-order chi connectivity index (χ0) is 18.3. The van der Waals surface area contributed by atoms with Gasteiger partial charge in [-0.15, -0.1) is 0 Å². The first-order valence-corrected chi connectivity index (χ1v) is 8.22. The fourth-order valence-electron chi connectivity index (χ4n) is 2.59. The van der Waals surface area contributed by atoms with Gasteiger partial charge in [-0.1, -0.05) is 6.42 Å². The third kappa shape index (κ3) is 8.15. The van der Waals surface area contributed by atoms with E-state index in [-0.39, 0.29) is 24.0 Å². The second-order valence-electron chi connectivity index (χ2n) is 6.40. The van der Waals surface area contributed by atoms with Crippen LogP contribution in [0.5, 0.6) is 0 Å². The molecule has 7 nitrogen and oxygen atoms in total. The molecule has 2 aliphatic rings. The molecule has 0 radical (unpaired) electrons. The van der Waals surface area contributed by atoms with Crippen LogP contribution in [0.4, 0.5) is 0 Å². The molecule has 0 heterocycles. The first kappa shape index (κ1) is 22.9. The predicted octanol–water partition coefficient (Wildman–Crippen LogP) is -0.819. The zero-order valence-electron chi connectivity index (χ0n) is 14.2. The van der Waals surface area contributed by atoms with Crippen molar-refractivity contribution in [3.8, 4) is 11.9 Å². The van der Waals surface area contributed by atoms with Crippen molar-refractivity contribution < 1.29 is 24.7 Å². The molecule has 2 fully saturated rings. The number of nitrogens with two attached hydrogens (primary N) is 1. The SMILES string of the molecule is NCC1(CO)CCC1.O=BC#CO.O=BCNCC1(CO)CCC1. The fourth-order valence-corrected chi connectivity index (χ4v) is 2.59. The van der Waals surface area contributed by atoms with Gasteiger partial charge in [0.15, 0.2) is 0 Å². The molecule has 24 heavy (non-hydrogen) atoms. The average molecular weight is 338 g/mol. The maximum atomic E-state index is 9.96. The average Bonchev–Trinajstić information content (AvgIpc) is 2.52. The van der Waals surface area contributed by atoms with Crippen LogP contribution in [-0.2, 0) is 9.41 Å². The fraction of sp³-hybridized carbons (Fsp3) is 0.867. The predicted molar refractivity (Wildman–Crippen MR) is 91.3 cm³/mol. The molecule has 6 N–H and O–H groups in total. The van der Waals surface area contributed by atoms with Crippen LogP contribution in [0.1, 0.15) is 38.5 Å². The standard InChI is InChI=1S/C7H14BNO2.C6H13NO.C2HBO2/c10-5-7(2-1-3-7)4-9-6-8-11;7-4-6(5-8)2-1-3-6;4-2-1-3-5/h9-10H,1-6H2;8H,1-5,7H2;4H. The van der Waals surface area contributed by atoms with Crippen molar-refractivity contribution in [1.82, 2.24) is 5.32 Å². The molecule has 134 valence electrons. The van der Waals surface area contributed by atoms with Crippen molar-refractivity contribution in [2.24, 2.45) is 16.6 Å². The number of rotatable bonds is 7. The van der Waals surface area contributed by atoms with E-state index in [0.29, 0.717) is 20.1 Å². The molecule has 0 aromatic rings. The van der Waals surface area contributed by atoms with Gasteiger partial charge in [-0.25, -0.2) is 0 Å². The molecule has 2 rings (SSSR count). The Morgan fingerprint density at radius 3 is 1.75 bits per heavy atom. The van der Waals surface area contributed by atoms with Crippen LogP contribution >= 0.6 is 0 Å². The monoisotopic (exact) mass is 338 g/mol. The molecule has 2 aliphatic carbocycles. The second-order valence-corrected chi connectivity index (χ2v) is 6.40. The van der Waals surface area contributed by atoms with Crippen LogP contribution in [-0.4, -0.2) is 62.4 Å². The van der Waals surface area contributed by atoms with Gasteiger partial charge in [-0.2, -0.15) is 0 Å². The molecular weight excluding hydrogens is 310 g/mol. The molecule has 0 atom stereocenters. The van der Waals surface area contributed by atoms with E-state index in [1.807, 2.05) is 0 Å². The summed E-state index contributed by atoms with van der Waals surface area (Å²) in [5, 5.41) is 28.2. The molecule has 0 spiro atoms. The number of hydrogen-bond donors (Lipinski definition) is 5. The molecule has 0 amide bonds. The molecule has 0 aromatic carbocycles. The third-order valence-electron chi connectivity index (χ3n) is 4.78. The van der Waals surface area contributed by atoms with E-state index >= 15 is 0 Å². The number of aliphatic hydroxyl groups excluding tert-OH is 3. The zero-order valence-corrected chi connectivity index (χ0v) is 14.2. The van der Waals surface area contributed by atoms with Crippen LogP contribution in [0.25, 0.3) is 0 Å². The van der Waals surface area contributed by atoms with E-state index in [4.69, 9.17) is 25.8 Å². The van der Waals surface area contributed by atoms with E-state index in [1.165, 1.54) is 18.9 Å². The Hall–Kier alpha value is -1.07. The van der Waals surface area contributed by atoms with E-state index in [0.717, 1.165) is 39.4 Å². The molecule has 0 saturated heterocycles. The Balaban J connectivity index is 0.000000358. The maximum absolute atomic E-state index is 9.96. The summed E-state index contributed by atoms with van der Waals surface area (Å²) >= 11 is 0. The van der Waals surface area contributed by atoms with Crippen LogP contribution in [0.15, 0.2) is 0 Å². The van der Waals surface area contributed by atoms with Crippen LogP contribution in [0.2, 0.25) is 0 Å². The minimum atomic E-state index is 0.100. The van der Waals surface area contributed by atoms with Crippen molar-refractivity contribution in [2.75, 3.05) is 32.7 Å². The van der Waals surface area contributed by atoms with E-state index in [2.05, 4.69) is 5.32 Å². The van der Waals surface area contributed by atoms with E-state index in [1.54, 1.807) is 5.82 Å². The second kappa shape index (κ2) is 13.2. The first-order chi connectivity index (χ1) is 11.6. The summed E-state index contributed by atoms with van der Waals surface area (Å²) in [5.74, 6) is 1.74. The number of nitrogens with one attached hydrogen (secondary N) is 1. The van der Waals surface area contributed by atoms with Gasteiger partial charge in [0.05, 0.1) is 0 Å². The summed E-state index contributed by atoms with van der Waals surface area (Å²) in [6.07, 6.45) is 8.70. The Labute approximate surface area is 144 Å². The van der Waals surface area contributed by atoms with Crippen molar-refractivity contribution in [2.45, 2.75) is 38.5 Å². The van der Waals surface area contributed by atoms with Gasteiger partial charge in [0, 0.05) is 18.6 Å². The first-order valence-electron chi connectivity index (χ1n) is 8.22. The molecule has 0 unspecified atom stereocenters. The number of aliphatic hydroxyl groups is 3. The van der Waals surface area contributed by atoms with Crippen LogP contribution in [0.3, 0.4) is 0 Å². The van der Waals surface area contributed by atoms with Crippen molar-refractivity contribution in [3.05, 3.63) is 0 Å². The molecule has 2 saturated carbocycles. The summed E-state index contributed by atoms with van der Waals surface area (Å²) in [5.41, 5.74) is 5.66. The van der Waals surface area contributed by atoms with Crippen molar-refractivity contribution in [1.29, 1.82) is 0 Å². The topological polar surface area (TPSA) is 133 Å². The normalized spacial score (nSPS) is 18.3. The van der Waals surface area contributed by atoms with Gasteiger partial charge in [0.1, 0.15) is 0 Å². The minimum absolute atomic E-state index is 0.100. The summed E-state index contributed by atoms with van der Waals surface area (Å²) in [6, 6.07) is 0. The Kier molecular flexibility index (Phi) is 12.7. The molecular formula is C15H28B2N2O5. The van der Waals surface area contributed by atoms with Crippen molar-refractivity contribution in [3.63, 3.8) is 0 Å². The van der Waals surface area contributed by atoms with Gasteiger partial charge in [0.25, 0.3) is 0 Å². The molecule has 9 heteroatoms. The van der Waals surface area contributed by atoms with Gasteiger partial charge in [-0.05, 0) is 12.8 Å². The van der Waals surface area contributed by atoms with Crippen LogP contribution in [0, 0.1) is 22.8 Å². The summed E-state index contributed by atoms with van der Waals surface area (Å²) < 4.78 is 19.0. The number of hydrogen-bond acceptors (Lipinski definition) is 7. The quantitative estimate of drug-likeness (QED) is 0.233. The van der Waals surface area contributed by atoms with Gasteiger partial charge in [-0.3, -0.25) is 0 Å². The van der Waals surface area contributed by atoms with Crippen molar-refractivity contribution >= 4 is 14.3 Å². The summed E-state index contributed by atoms with van der Waals surface area (Å²) in [7, 11) is 1.17. The van der Waals surface area contributed by atoms with Crippen LogP contribution < -0.4 is 11.1 Å². The Morgan fingerprint density at radius 2 is 1.58 bits per heavy atom. The Bertz CT molecular complexity index is 399. The van der Waals surface area contributed by atoms with Gasteiger partial charge < -0.3 is 10.8 Å². The summed E-state index contributed by atoms with van der Waals surface area (Å²) in [6.45, 7) is 1.97. The summed E-state index contributed by atoms with van der Waals surface area (Å²) in [4.78, 5) is 0. The van der Waals surface area contributed by atoms with Gasteiger partial charge in [0.2, 0.25) is 0 Å². The third-order valence-corrected chi connectivity index (χ3v) is 4.78. The van der Waals surface area contributed by atoms with E-state index in [9.17, 15) is 4.70 Å². The van der Waals surface area contributed by atoms with E-state index < -0.39 is 0 Å². The Morgan fingerprint density at radius 1 is 1.04 bits per heavy atom. The molecule has 0 aliphatic heterocycles. The molecule has 0 aromatic heterocycles. The molecule has 0 bridgehead atoms. The van der Waals surface area contributed by atoms with Gasteiger partial charge >= 0.3 is 95.4 Å².